The summed E-state index contributed by atoms with van der Waals surface area (Å²) in [6.45, 7) is 4.45. The zero-order valence-corrected chi connectivity index (χ0v) is 10.7. The molecule has 1 amide bonds. The summed E-state index contributed by atoms with van der Waals surface area (Å²) in [5, 5.41) is 4.18. The lowest BCUT2D eigenvalue weighted by atomic mass is 10.1. The maximum atomic E-state index is 12.2. The minimum Gasteiger partial charge on any atom is -0.334 e. The highest BCUT2D eigenvalue weighted by molar-refractivity contribution is 7.07. The lowest BCUT2D eigenvalue weighted by Gasteiger charge is -2.26. The zero-order valence-electron chi connectivity index (χ0n) is 9.84. The first-order valence-corrected chi connectivity index (χ1v) is 6.87. The number of nitrogens with zero attached hydrogens (tertiary/aromatic N) is 1. The molecule has 1 aromatic rings. The maximum Gasteiger partial charge on any atom is 0.240 e. The average Bonchev–Trinajstić information content (AvgIpc) is 2.98. The van der Waals surface area contributed by atoms with Crippen molar-refractivity contribution in [3.63, 3.8) is 0 Å². The van der Waals surface area contributed by atoms with E-state index in [2.05, 4.69) is 23.4 Å². The van der Waals surface area contributed by atoms with E-state index in [1.165, 1.54) is 5.56 Å². The molecule has 1 aliphatic heterocycles. The minimum absolute atomic E-state index is 0.0543. The molecule has 2 rings (SSSR count). The summed E-state index contributed by atoms with van der Waals surface area (Å²) < 4.78 is 0. The van der Waals surface area contributed by atoms with E-state index in [1.54, 1.807) is 17.4 Å². The molecule has 1 aromatic heterocycles. The lowest BCUT2D eigenvalue weighted by molar-refractivity contribution is -0.133. The highest BCUT2D eigenvalue weighted by Gasteiger charge is 2.32. The molecule has 1 fully saturated rings. The molecule has 2 atom stereocenters. The number of hydrogen-bond donors (Lipinski definition) is 1. The van der Waals surface area contributed by atoms with Crippen molar-refractivity contribution in [3.8, 4) is 0 Å². The summed E-state index contributed by atoms with van der Waals surface area (Å²) in [6, 6.07) is 1.89. The standard InChI is InChI=1S/C13H18N2OS/c1-2-4-11(14)13(16)15-7-3-5-12(15)10-6-8-17-9-10/h2,6,8-9,11-12H,1,3-5,7,14H2. The van der Waals surface area contributed by atoms with E-state index in [-0.39, 0.29) is 11.9 Å². The Morgan fingerprint density at radius 3 is 3.24 bits per heavy atom. The number of rotatable bonds is 4. The van der Waals surface area contributed by atoms with Crippen LogP contribution in [-0.4, -0.2) is 23.4 Å². The summed E-state index contributed by atoms with van der Waals surface area (Å²) >= 11 is 1.67. The highest BCUT2D eigenvalue weighted by Crippen LogP contribution is 2.33. The van der Waals surface area contributed by atoms with Gasteiger partial charge >= 0.3 is 0 Å². The quantitative estimate of drug-likeness (QED) is 0.834. The second kappa shape index (κ2) is 5.47. The first-order chi connectivity index (χ1) is 8.24. The third-order valence-corrected chi connectivity index (χ3v) is 3.90. The van der Waals surface area contributed by atoms with Crippen LogP contribution in [0, 0.1) is 0 Å². The topological polar surface area (TPSA) is 46.3 Å². The predicted octanol–water partition coefficient (Wildman–Crippen LogP) is 2.32. The molecule has 0 bridgehead atoms. The van der Waals surface area contributed by atoms with Crippen LogP contribution in [0.3, 0.4) is 0 Å². The van der Waals surface area contributed by atoms with Crippen molar-refractivity contribution in [1.82, 2.24) is 4.90 Å². The van der Waals surface area contributed by atoms with E-state index in [0.29, 0.717) is 6.42 Å². The van der Waals surface area contributed by atoms with Gasteiger partial charge in [0.2, 0.25) is 5.91 Å². The van der Waals surface area contributed by atoms with E-state index in [1.807, 2.05) is 4.90 Å². The largest absolute Gasteiger partial charge is 0.334 e. The van der Waals surface area contributed by atoms with Crippen LogP contribution in [0.1, 0.15) is 30.9 Å². The van der Waals surface area contributed by atoms with E-state index < -0.39 is 6.04 Å². The van der Waals surface area contributed by atoms with E-state index in [0.717, 1.165) is 19.4 Å². The Bertz CT molecular complexity index is 388. The maximum absolute atomic E-state index is 12.2. The summed E-state index contributed by atoms with van der Waals surface area (Å²) in [6.07, 6.45) is 4.36. The molecule has 2 N–H and O–H groups in total. The van der Waals surface area contributed by atoms with Crippen LogP contribution < -0.4 is 5.73 Å². The Labute approximate surface area is 106 Å². The van der Waals surface area contributed by atoms with Gasteiger partial charge in [-0.1, -0.05) is 6.08 Å². The number of thiophene rings is 1. The number of nitrogens with two attached hydrogens (primary N) is 1. The van der Waals surface area contributed by atoms with Gasteiger partial charge in [0.15, 0.2) is 0 Å². The Kier molecular flexibility index (Phi) is 3.97. The zero-order chi connectivity index (χ0) is 12.3. The summed E-state index contributed by atoms with van der Waals surface area (Å²) in [4.78, 5) is 14.1. The molecule has 4 heteroatoms. The Balaban J connectivity index is 2.09. The van der Waals surface area contributed by atoms with Crippen molar-refractivity contribution < 1.29 is 4.79 Å². The monoisotopic (exact) mass is 250 g/mol. The van der Waals surface area contributed by atoms with Gasteiger partial charge in [0.05, 0.1) is 12.1 Å². The van der Waals surface area contributed by atoms with E-state index in [9.17, 15) is 4.79 Å². The fourth-order valence-corrected chi connectivity index (χ4v) is 3.04. The van der Waals surface area contributed by atoms with E-state index >= 15 is 0 Å². The first kappa shape index (κ1) is 12.3. The molecule has 92 valence electrons. The molecule has 2 unspecified atom stereocenters. The van der Waals surface area contributed by atoms with Crippen LogP contribution in [0.15, 0.2) is 29.5 Å². The number of amides is 1. The number of likely N-dealkylation sites (tertiary alicyclic amines) is 1. The molecular weight excluding hydrogens is 232 g/mol. The molecule has 2 heterocycles. The third kappa shape index (κ3) is 2.58. The molecular formula is C13H18N2OS. The molecule has 0 aliphatic carbocycles. The number of carbonyl (C=O) groups is 1. The molecule has 0 aromatic carbocycles. The summed E-state index contributed by atoms with van der Waals surface area (Å²) in [7, 11) is 0. The number of carbonyl (C=O) groups excluding carboxylic acids is 1. The van der Waals surface area contributed by atoms with Crippen LogP contribution >= 0.6 is 11.3 Å². The lowest BCUT2D eigenvalue weighted by Crippen LogP contribution is -2.43. The van der Waals surface area contributed by atoms with Gasteiger partial charge in [-0.3, -0.25) is 4.79 Å². The van der Waals surface area contributed by atoms with Gasteiger partial charge in [-0.15, -0.1) is 6.58 Å². The second-order valence-electron chi connectivity index (χ2n) is 4.38. The van der Waals surface area contributed by atoms with Gasteiger partial charge < -0.3 is 10.6 Å². The number of hydrogen-bond acceptors (Lipinski definition) is 3. The molecule has 1 aliphatic rings. The van der Waals surface area contributed by atoms with Crippen LogP contribution in [0.5, 0.6) is 0 Å². The van der Waals surface area contributed by atoms with Gasteiger partial charge in [-0.05, 0) is 41.7 Å². The van der Waals surface area contributed by atoms with Crippen molar-refractivity contribution >= 4 is 17.2 Å². The Morgan fingerprint density at radius 2 is 2.59 bits per heavy atom. The van der Waals surface area contributed by atoms with Crippen LogP contribution in [0.4, 0.5) is 0 Å². The van der Waals surface area contributed by atoms with Crippen LogP contribution in [0.2, 0.25) is 0 Å². The van der Waals surface area contributed by atoms with Crippen molar-refractivity contribution in [2.24, 2.45) is 5.73 Å². The van der Waals surface area contributed by atoms with Crippen molar-refractivity contribution in [2.75, 3.05) is 6.54 Å². The molecule has 1 saturated heterocycles. The smallest absolute Gasteiger partial charge is 0.240 e. The van der Waals surface area contributed by atoms with Crippen LogP contribution in [0.25, 0.3) is 0 Å². The van der Waals surface area contributed by atoms with Gasteiger partial charge in [0.25, 0.3) is 0 Å². The Hall–Kier alpha value is -1.13. The highest BCUT2D eigenvalue weighted by atomic mass is 32.1. The van der Waals surface area contributed by atoms with Gasteiger partial charge in [-0.25, -0.2) is 0 Å². The van der Waals surface area contributed by atoms with Gasteiger partial charge in [-0.2, -0.15) is 11.3 Å². The van der Waals surface area contributed by atoms with E-state index in [4.69, 9.17) is 5.73 Å². The molecule has 0 spiro atoms. The minimum atomic E-state index is -0.438. The summed E-state index contributed by atoms with van der Waals surface area (Å²) in [5.74, 6) is 0.0543. The fourth-order valence-electron chi connectivity index (χ4n) is 2.34. The SMILES string of the molecule is C=CCC(N)C(=O)N1CCCC1c1ccsc1. The molecule has 0 saturated carbocycles. The average molecular weight is 250 g/mol. The predicted molar refractivity (Wildman–Crippen MR) is 70.8 cm³/mol. The van der Waals surface area contributed by atoms with Crippen molar-refractivity contribution in [2.45, 2.75) is 31.3 Å². The first-order valence-electron chi connectivity index (χ1n) is 5.93. The molecule has 17 heavy (non-hydrogen) atoms. The molecule has 0 radical (unpaired) electrons. The fraction of sp³-hybridized carbons (Fsp3) is 0.462. The molecule has 3 nitrogen and oxygen atoms in total. The van der Waals surface area contributed by atoms with Gasteiger partial charge in [0.1, 0.15) is 0 Å². The normalized spacial score (nSPS) is 21.5. The second-order valence-corrected chi connectivity index (χ2v) is 5.16. The summed E-state index contributed by atoms with van der Waals surface area (Å²) in [5.41, 5.74) is 7.11. The van der Waals surface area contributed by atoms with Crippen molar-refractivity contribution in [3.05, 3.63) is 35.0 Å². The third-order valence-electron chi connectivity index (χ3n) is 3.20. The Morgan fingerprint density at radius 1 is 1.76 bits per heavy atom. The van der Waals surface area contributed by atoms with Crippen molar-refractivity contribution in [1.29, 1.82) is 0 Å². The van der Waals surface area contributed by atoms with Crippen LogP contribution in [-0.2, 0) is 4.79 Å². The van der Waals surface area contributed by atoms with Gasteiger partial charge in [0, 0.05) is 6.54 Å².